The van der Waals surface area contributed by atoms with Gasteiger partial charge >= 0.3 is 0 Å². The molecule has 2 N–H and O–H groups in total. The summed E-state index contributed by atoms with van der Waals surface area (Å²) in [7, 11) is -1.47. The maximum Gasteiger partial charge on any atom is 0.191 e. The van der Waals surface area contributed by atoms with Crippen molar-refractivity contribution in [2.75, 3.05) is 19.8 Å². The van der Waals surface area contributed by atoms with Gasteiger partial charge in [-0.15, -0.1) is 35.3 Å². The maximum atomic E-state index is 11.7. The second-order valence-electron chi connectivity index (χ2n) is 5.55. The van der Waals surface area contributed by atoms with E-state index in [0.29, 0.717) is 19.0 Å². The van der Waals surface area contributed by atoms with Gasteiger partial charge in [0.15, 0.2) is 15.8 Å². The van der Waals surface area contributed by atoms with Gasteiger partial charge in [0.2, 0.25) is 0 Å². The highest BCUT2D eigenvalue weighted by Gasteiger charge is 2.30. The summed E-state index contributed by atoms with van der Waals surface area (Å²) in [6, 6.07) is 0. The van der Waals surface area contributed by atoms with Crippen LogP contribution >= 0.6 is 35.3 Å². The van der Waals surface area contributed by atoms with Crippen molar-refractivity contribution in [1.29, 1.82) is 0 Å². The molecule has 1 rings (SSSR count). The monoisotopic (exact) mass is 460 g/mol. The molecule has 0 unspecified atom stereocenters. The molecule has 0 aliphatic carbocycles. The van der Waals surface area contributed by atoms with Crippen LogP contribution in [-0.2, 0) is 16.4 Å². The molecule has 0 aliphatic rings. The summed E-state index contributed by atoms with van der Waals surface area (Å²) in [6.45, 7) is 8.26. The van der Waals surface area contributed by atoms with E-state index < -0.39 is 14.6 Å². The van der Waals surface area contributed by atoms with E-state index in [4.69, 9.17) is 0 Å². The fraction of sp³-hybridized carbons (Fsp3) is 0.692. The first kappa shape index (κ1) is 21.6. The lowest BCUT2D eigenvalue weighted by Crippen LogP contribution is -2.47. The van der Waals surface area contributed by atoms with Gasteiger partial charge in [-0.2, -0.15) is 0 Å². The van der Waals surface area contributed by atoms with Gasteiger partial charge in [-0.25, -0.2) is 13.4 Å². The van der Waals surface area contributed by atoms with Crippen molar-refractivity contribution < 1.29 is 8.42 Å². The van der Waals surface area contributed by atoms with Crippen LogP contribution in [0.3, 0.4) is 0 Å². The van der Waals surface area contributed by atoms with E-state index in [0.717, 1.165) is 15.6 Å². The molecule has 0 atom stereocenters. The van der Waals surface area contributed by atoms with Gasteiger partial charge < -0.3 is 10.6 Å². The molecule has 0 saturated heterocycles. The zero-order valence-electron chi connectivity index (χ0n) is 13.8. The van der Waals surface area contributed by atoms with Crippen LogP contribution in [0.1, 0.15) is 29.4 Å². The molecule has 22 heavy (non-hydrogen) atoms. The molecule has 1 heterocycles. The van der Waals surface area contributed by atoms with Crippen LogP contribution in [-0.4, -0.2) is 44.0 Å². The van der Waals surface area contributed by atoms with E-state index in [9.17, 15) is 8.42 Å². The molecule has 128 valence electrons. The molecule has 0 radical (unpaired) electrons. The van der Waals surface area contributed by atoms with Gasteiger partial charge in [0.25, 0.3) is 0 Å². The lowest BCUT2D eigenvalue weighted by Gasteiger charge is -2.24. The van der Waals surface area contributed by atoms with E-state index in [1.165, 1.54) is 6.26 Å². The predicted molar refractivity (Wildman–Crippen MR) is 104 cm³/mol. The van der Waals surface area contributed by atoms with Gasteiger partial charge in [0.1, 0.15) is 0 Å². The first-order valence-electron chi connectivity index (χ1n) is 6.64. The molecule has 0 amide bonds. The van der Waals surface area contributed by atoms with Crippen LogP contribution in [0.4, 0.5) is 0 Å². The van der Waals surface area contributed by atoms with Crippen LogP contribution in [0.5, 0.6) is 0 Å². The van der Waals surface area contributed by atoms with Crippen LogP contribution in [0.15, 0.2) is 4.99 Å². The smallest absolute Gasteiger partial charge is 0.191 e. The Balaban J connectivity index is 0.00000441. The number of aromatic nitrogens is 1. The standard InChI is InChI=1S/C13H24N4O2S2.HI/c1-9-11(20-10(2)17-9)7-15-12(14-5)16-8-13(3,4)21(6,18)19;/h7-8H2,1-6H3,(H2,14,15,16);1H. The second-order valence-corrected chi connectivity index (χ2v) is 9.49. The van der Waals surface area contributed by atoms with Gasteiger partial charge in [0, 0.05) is 24.7 Å². The van der Waals surface area contributed by atoms with Crippen LogP contribution < -0.4 is 10.6 Å². The Morgan fingerprint density at radius 3 is 2.32 bits per heavy atom. The fourth-order valence-corrected chi connectivity index (χ4v) is 2.76. The quantitative estimate of drug-likeness (QED) is 0.398. The summed E-state index contributed by atoms with van der Waals surface area (Å²) in [5.41, 5.74) is 1.01. The molecule has 0 aromatic carbocycles. The van der Waals surface area contributed by atoms with Crippen molar-refractivity contribution in [1.82, 2.24) is 15.6 Å². The van der Waals surface area contributed by atoms with Gasteiger partial charge in [-0.1, -0.05) is 0 Å². The average molecular weight is 460 g/mol. The Morgan fingerprint density at radius 1 is 1.32 bits per heavy atom. The van der Waals surface area contributed by atoms with Gasteiger partial charge in [-0.3, -0.25) is 4.99 Å². The maximum absolute atomic E-state index is 11.7. The minimum Gasteiger partial charge on any atom is -0.355 e. The van der Waals surface area contributed by atoms with Crippen molar-refractivity contribution in [3.63, 3.8) is 0 Å². The first-order valence-corrected chi connectivity index (χ1v) is 9.34. The normalized spacial score (nSPS) is 12.7. The van der Waals surface area contributed by atoms with Gasteiger partial charge in [-0.05, 0) is 27.7 Å². The number of nitrogens with one attached hydrogen (secondary N) is 2. The molecule has 0 fully saturated rings. The first-order chi connectivity index (χ1) is 9.56. The summed E-state index contributed by atoms with van der Waals surface area (Å²) < 4.78 is 22.5. The van der Waals surface area contributed by atoms with E-state index in [-0.39, 0.29) is 24.0 Å². The molecular formula is C13H25IN4O2S2. The molecular weight excluding hydrogens is 435 g/mol. The van der Waals surface area contributed by atoms with Crippen molar-refractivity contribution in [2.24, 2.45) is 4.99 Å². The van der Waals surface area contributed by atoms with E-state index in [1.807, 2.05) is 13.8 Å². The largest absolute Gasteiger partial charge is 0.355 e. The number of aliphatic imine (C=N–C) groups is 1. The van der Waals surface area contributed by atoms with Crippen molar-refractivity contribution in [3.05, 3.63) is 15.6 Å². The predicted octanol–water partition coefficient (Wildman–Crippen LogP) is 1.87. The summed E-state index contributed by atoms with van der Waals surface area (Å²) in [5, 5.41) is 7.27. The Hall–Kier alpha value is -0.420. The Kier molecular flexibility index (Phi) is 8.28. The number of aryl methyl sites for hydroxylation is 2. The summed E-state index contributed by atoms with van der Waals surface area (Å²) in [4.78, 5) is 9.63. The molecule has 0 aliphatic heterocycles. The third kappa shape index (κ3) is 5.99. The second kappa shape index (κ2) is 8.44. The highest BCUT2D eigenvalue weighted by molar-refractivity contribution is 14.0. The fourth-order valence-electron chi connectivity index (χ4n) is 1.55. The minimum absolute atomic E-state index is 0. The van der Waals surface area contributed by atoms with E-state index in [1.54, 1.807) is 32.2 Å². The Morgan fingerprint density at radius 2 is 1.91 bits per heavy atom. The van der Waals surface area contributed by atoms with E-state index in [2.05, 4.69) is 20.6 Å². The number of thiazole rings is 1. The molecule has 9 heteroatoms. The number of rotatable bonds is 5. The van der Waals surface area contributed by atoms with Crippen molar-refractivity contribution in [2.45, 2.75) is 39.0 Å². The van der Waals surface area contributed by atoms with Crippen molar-refractivity contribution in [3.8, 4) is 0 Å². The number of hydrogen-bond donors (Lipinski definition) is 2. The molecule has 0 saturated carbocycles. The number of hydrogen-bond acceptors (Lipinski definition) is 5. The van der Waals surface area contributed by atoms with Crippen LogP contribution in [0.25, 0.3) is 0 Å². The third-order valence-electron chi connectivity index (χ3n) is 3.32. The van der Waals surface area contributed by atoms with E-state index >= 15 is 0 Å². The average Bonchev–Trinajstić information content (AvgIpc) is 2.66. The summed E-state index contributed by atoms with van der Waals surface area (Å²) in [6.07, 6.45) is 1.24. The summed E-state index contributed by atoms with van der Waals surface area (Å²) in [5.74, 6) is 0.581. The molecule has 0 spiro atoms. The molecule has 0 bridgehead atoms. The SMILES string of the molecule is CN=C(NCc1sc(C)nc1C)NCC(C)(C)S(C)(=O)=O.I. The number of nitrogens with zero attached hydrogens (tertiary/aromatic N) is 2. The summed E-state index contributed by atoms with van der Waals surface area (Å²) >= 11 is 1.64. The zero-order chi connectivity index (χ0) is 16.3. The Bertz CT molecular complexity index is 624. The Labute approximate surface area is 154 Å². The topological polar surface area (TPSA) is 83.4 Å². The van der Waals surface area contributed by atoms with Crippen LogP contribution in [0.2, 0.25) is 0 Å². The van der Waals surface area contributed by atoms with Gasteiger partial charge in [0.05, 0.1) is 22.0 Å². The molecule has 6 nitrogen and oxygen atoms in total. The van der Waals surface area contributed by atoms with Crippen molar-refractivity contribution >= 4 is 51.1 Å². The lowest BCUT2D eigenvalue weighted by atomic mass is 10.2. The number of sulfone groups is 1. The zero-order valence-corrected chi connectivity index (χ0v) is 17.8. The highest BCUT2D eigenvalue weighted by Crippen LogP contribution is 2.16. The highest BCUT2D eigenvalue weighted by atomic mass is 127. The number of halogens is 1. The molecule has 1 aromatic rings. The lowest BCUT2D eigenvalue weighted by molar-refractivity contribution is 0.544. The third-order valence-corrected chi connectivity index (χ3v) is 6.55. The molecule has 1 aromatic heterocycles. The van der Waals surface area contributed by atoms with Crippen LogP contribution in [0, 0.1) is 13.8 Å². The minimum atomic E-state index is -3.13. The number of guanidine groups is 1.